The highest BCUT2D eigenvalue weighted by Gasteiger charge is 2.35. The molecule has 0 aromatic heterocycles. The van der Waals surface area contributed by atoms with Gasteiger partial charge in [0.05, 0.1) is 5.69 Å². The maximum atomic E-state index is 13.4. The normalized spacial score (nSPS) is 18.7. The van der Waals surface area contributed by atoms with Crippen molar-refractivity contribution < 1.29 is 14.0 Å². The first-order valence-corrected chi connectivity index (χ1v) is 7.19. The van der Waals surface area contributed by atoms with E-state index in [1.54, 1.807) is 4.90 Å². The summed E-state index contributed by atoms with van der Waals surface area (Å²) < 4.78 is 13.4. The van der Waals surface area contributed by atoms with Crippen LogP contribution in [0.3, 0.4) is 0 Å². The molecule has 1 heterocycles. The SMILES string of the molecule is Nc1ccc(C(=O)N2CCN(C(=O)C3CC3)CC2)cc1F. The van der Waals surface area contributed by atoms with E-state index in [0.717, 1.165) is 12.8 Å². The fraction of sp³-hybridized carbons (Fsp3) is 0.467. The molecule has 2 aliphatic rings. The first kappa shape index (κ1) is 13.9. The first-order valence-electron chi connectivity index (χ1n) is 7.19. The van der Waals surface area contributed by atoms with Gasteiger partial charge in [-0.2, -0.15) is 0 Å². The molecular weight excluding hydrogens is 273 g/mol. The Morgan fingerprint density at radius 2 is 1.71 bits per heavy atom. The number of nitrogens with two attached hydrogens (primary N) is 1. The standard InChI is InChI=1S/C15H18FN3O2/c16-12-9-11(3-4-13(12)17)15(21)19-7-5-18(6-8-19)14(20)10-1-2-10/h3-4,9-10H,1-2,5-8,17H2. The molecule has 0 radical (unpaired) electrons. The number of piperazine rings is 1. The van der Waals surface area contributed by atoms with E-state index in [4.69, 9.17) is 5.73 Å². The van der Waals surface area contributed by atoms with Crippen LogP contribution in [-0.2, 0) is 4.79 Å². The Morgan fingerprint density at radius 1 is 1.10 bits per heavy atom. The Bertz CT molecular complexity index is 578. The minimum Gasteiger partial charge on any atom is -0.396 e. The zero-order chi connectivity index (χ0) is 15.0. The smallest absolute Gasteiger partial charge is 0.254 e. The molecule has 112 valence electrons. The Balaban J connectivity index is 1.61. The Morgan fingerprint density at radius 3 is 2.29 bits per heavy atom. The largest absolute Gasteiger partial charge is 0.396 e. The van der Waals surface area contributed by atoms with Crippen molar-refractivity contribution in [3.8, 4) is 0 Å². The van der Waals surface area contributed by atoms with Gasteiger partial charge >= 0.3 is 0 Å². The van der Waals surface area contributed by atoms with Crippen molar-refractivity contribution in [3.63, 3.8) is 0 Å². The number of carbonyl (C=O) groups is 2. The number of rotatable bonds is 2. The summed E-state index contributed by atoms with van der Waals surface area (Å²) in [5.41, 5.74) is 5.74. The number of nitrogens with zero attached hydrogens (tertiary/aromatic N) is 2. The lowest BCUT2D eigenvalue weighted by atomic mass is 10.1. The van der Waals surface area contributed by atoms with Gasteiger partial charge in [0.15, 0.2) is 0 Å². The molecule has 6 heteroatoms. The van der Waals surface area contributed by atoms with E-state index in [1.807, 2.05) is 4.90 Å². The van der Waals surface area contributed by atoms with Crippen molar-refractivity contribution in [2.75, 3.05) is 31.9 Å². The second kappa shape index (κ2) is 5.35. The van der Waals surface area contributed by atoms with Gasteiger partial charge in [0.25, 0.3) is 5.91 Å². The minimum atomic E-state index is -0.580. The van der Waals surface area contributed by atoms with Crippen LogP contribution in [0.15, 0.2) is 18.2 Å². The molecule has 1 aliphatic heterocycles. The van der Waals surface area contributed by atoms with Crippen molar-refractivity contribution in [1.82, 2.24) is 9.80 Å². The van der Waals surface area contributed by atoms with Crippen LogP contribution in [0.2, 0.25) is 0 Å². The minimum absolute atomic E-state index is 0.0337. The molecule has 5 nitrogen and oxygen atoms in total. The summed E-state index contributed by atoms with van der Waals surface area (Å²) in [7, 11) is 0. The topological polar surface area (TPSA) is 66.6 Å². The van der Waals surface area contributed by atoms with Crippen LogP contribution in [0, 0.1) is 11.7 Å². The molecule has 21 heavy (non-hydrogen) atoms. The van der Waals surface area contributed by atoms with Crippen LogP contribution in [0.5, 0.6) is 0 Å². The summed E-state index contributed by atoms with van der Waals surface area (Å²) in [6, 6.07) is 4.09. The van der Waals surface area contributed by atoms with E-state index in [1.165, 1.54) is 18.2 Å². The second-order valence-corrected chi connectivity index (χ2v) is 5.63. The van der Waals surface area contributed by atoms with Gasteiger partial charge in [0.1, 0.15) is 5.82 Å². The highest BCUT2D eigenvalue weighted by molar-refractivity contribution is 5.94. The molecule has 1 aromatic rings. The van der Waals surface area contributed by atoms with E-state index >= 15 is 0 Å². The summed E-state index contributed by atoms with van der Waals surface area (Å²) in [4.78, 5) is 27.7. The Hall–Kier alpha value is -2.11. The van der Waals surface area contributed by atoms with Gasteiger partial charge in [-0.15, -0.1) is 0 Å². The zero-order valence-corrected chi connectivity index (χ0v) is 11.7. The van der Waals surface area contributed by atoms with Crippen LogP contribution < -0.4 is 5.73 Å². The highest BCUT2D eigenvalue weighted by atomic mass is 19.1. The van der Waals surface area contributed by atoms with Crippen LogP contribution in [0.4, 0.5) is 10.1 Å². The molecule has 0 bridgehead atoms. The van der Waals surface area contributed by atoms with Gasteiger partial charge in [-0.3, -0.25) is 9.59 Å². The first-order chi connectivity index (χ1) is 10.1. The second-order valence-electron chi connectivity index (χ2n) is 5.63. The van der Waals surface area contributed by atoms with Crippen molar-refractivity contribution in [1.29, 1.82) is 0 Å². The third-order valence-corrected chi connectivity index (χ3v) is 4.05. The predicted molar refractivity (Wildman–Crippen MR) is 76.0 cm³/mol. The fourth-order valence-electron chi connectivity index (χ4n) is 2.56. The van der Waals surface area contributed by atoms with Gasteiger partial charge in [0.2, 0.25) is 5.91 Å². The van der Waals surface area contributed by atoms with Gasteiger partial charge < -0.3 is 15.5 Å². The van der Waals surface area contributed by atoms with Gasteiger partial charge in [-0.05, 0) is 31.0 Å². The average molecular weight is 291 g/mol. The fourth-order valence-corrected chi connectivity index (χ4v) is 2.56. The molecule has 0 unspecified atom stereocenters. The zero-order valence-electron chi connectivity index (χ0n) is 11.7. The van der Waals surface area contributed by atoms with Crippen molar-refractivity contribution in [2.45, 2.75) is 12.8 Å². The maximum absolute atomic E-state index is 13.4. The number of hydrogen-bond donors (Lipinski definition) is 1. The lowest BCUT2D eigenvalue weighted by molar-refractivity contribution is -0.134. The summed E-state index contributed by atoms with van der Waals surface area (Å²) in [5, 5.41) is 0. The van der Waals surface area contributed by atoms with Crippen molar-refractivity contribution in [3.05, 3.63) is 29.6 Å². The van der Waals surface area contributed by atoms with Crippen LogP contribution in [0.25, 0.3) is 0 Å². The molecular formula is C15H18FN3O2. The lowest BCUT2D eigenvalue weighted by Gasteiger charge is -2.35. The third-order valence-electron chi connectivity index (χ3n) is 4.05. The molecule has 1 aromatic carbocycles. The number of nitrogen functional groups attached to an aromatic ring is 1. The molecule has 3 rings (SSSR count). The van der Waals surface area contributed by atoms with Crippen molar-refractivity contribution >= 4 is 17.5 Å². The molecule has 0 spiro atoms. The van der Waals surface area contributed by atoms with Gasteiger partial charge in [0, 0.05) is 37.7 Å². The molecule has 1 saturated heterocycles. The van der Waals surface area contributed by atoms with Crippen LogP contribution in [-0.4, -0.2) is 47.8 Å². The summed E-state index contributed by atoms with van der Waals surface area (Å²) in [5.74, 6) is -0.380. The van der Waals surface area contributed by atoms with Crippen LogP contribution >= 0.6 is 0 Å². The van der Waals surface area contributed by atoms with E-state index in [2.05, 4.69) is 0 Å². The molecule has 2 amide bonds. The average Bonchev–Trinajstić information content (AvgIpc) is 3.33. The highest BCUT2D eigenvalue weighted by Crippen LogP contribution is 2.31. The lowest BCUT2D eigenvalue weighted by Crippen LogP contribution is -2.51. The van der Waals surface area contributed by atoms with Crippen LogP contribution in [0.1, 0.15) is 23.2 Å². The monoisotopic (exact) mass is 291 g/mol. The Labute approximate surface area is 122 Å². The summed E-state index contributed by atoms with van der Waals surface area (Å²) in [6.45, 7) is 2.09. The number of halogens is 1. The van der Waals surface area contributed by atoms with Gasteiger partial charge in [-0.25, -0.2) is 4.39 Å². The number of amides is 2. The number of benzene rings is 1. The van der Waals surface area contributed by atoms with E-state index < -0.39 is 5.82 Å². The summed E-state index contributed by atoms with van der Waals surface area (Å²) >= 11 is 0. The molecule has 1 saturated carbocycles. The van der Waals surface area contributed by atoms with E-state index in [9.17, 15) is 14.0 Å². The number of carbonyl (C=O) groups excluding carboxylic acids is 2. The third kappa shape index (κ3) is 2.84. The van der Waals surface area contributed by atoms with Gasteiger partial charge in [-0.1, -0.05) is 0 Å². The molecule has 2 fully saturated rings. The molecule has 1 aliphatic carbocycles. The Kier molecular flexibility index (Phi) is 3.53. The van der Waals surface area contributed by atoms with Crippen molar-refractivity contribution in [2.24, 2.45) is 5.92 Å². The predicted octanol–water partition coefficient (Wildman–Crippen LogP) is 1.10. The maximum Gasteiger partial charge on any atom is 0.254 e. The number of hydrogen-bond acceptors (Lipinski definition) is 3. The molecule has 2 N–H and O–H groups in total. The quantitative estimate of drug-likeness (QED) is 0.830. The van der Waals surface area contributed by atoms with E-state index in [0.29, 0.717) is 31.7 Å². The number of anilines is 1. The molecule has 0 atom stereocenters. The van der Waals surface area contributed by atoms with E-state index in [-0.39, 0.29) is 23.4 Å². The summed E-state index contributed by atoms with van der Waals surface area (Å²) in [6.07, 6.45) is 1.98.